The van der Waals surface area contributed by atoms with Crippen LogP contribution in [0.4, 0.5) is 10.5 Å². The van der Waals surface area contributed by atoms with E-state index in [0.29, 0.717) is 25.0 Å². The SMILES string of the molecule is CCOC(=O)NC(CN=C(N)Nc1ccc(OC)cc1)CC(C)C. The van der Waals surface area contributed by atoms with Gasteiger partial charge in [0.15, 0.2) is 5.96 Å². The minimum Gasteiger partial charge on any atom is -0.497 e. The van der Waals surface area contributed by atoms with E-state index in [1.165, 1.54) is 0 Å². The van der Waals surface area contributed by atoms with Crippen molar-refractivity contribution in [2.24, 2.45) is 16.6 Å². The van der Waals surface area contributed by atoms with Gasteiger partial charge in [0, 0.05) is 5.69 Å². The minimum atomic E-state index is -0.431. The van der Waals surface area contributed by atoms with Crippen molar-refractivity contribution in [2.75, 3.05) is 25.6 Å². The predicted octanol–water partition coefficient (Wildman–Crippen LogP) is 2.58. The van der Waals surface area contributed by atoms with E-state index in [1.54, 1.807) is 14.0 Å². The van der Waals surface area contributed by atoms with Crippen molar-refractivity contribution >= 4 is 17.7 Å². The van der Waals surface area contributed by atoms with Gasteiger partial charge < -0.3 is 25.8 Å². The fourth-order valence-electron chi connectivity index (χ4n) is 2.16. The van der Waals surface area contributed by atoms with E-state index in [9.17, 15) is 4.79 Å². The maximum absolute atomic E-state index is 11.6. The van der Waals surface area contributed by atoms with Crippen molar-refractivity contribution in [3.63, 3.8) is 0 Å². The van der Waals surface area contributed by atoms with Gasteiger partial charge in [-0.25, -0.2) is 4.79 Å². The number of rotatable bonds is 8. The lowest BCUT2D eigenvalue weighted by Crippen LogP contribution is -2.39. The van der Waals surface area contributed by atoms with Crippen LogP contribution in [0.1, 0.15) is 27.2 Å². The normalized spacial score (nSPS) is 12.6. The van der Waals surface area contributed by atoms with Crippen LogP contribution < -0.4 is 21.1 Å². The van der Waals surface area contributed by atoms with Crippen molar-refractivity contribution in [3.8, 4) is 5.75 Å². The average molecular weight is 336 g/mol. The van der Waals surface area contributed by atoms with Gasteiger partial charge in [-0.2, -0.15) is 0 Å². The number of nitrogens with two attached hydrogens (primary N) is 1. The molecule has 0 spiro atoms. The van der Waals surface area contributed by atoms with Crippen LogP contribution in [0.2, 0.25) is 0 Å². The highest BCUT2D eigenvalue weighted by Gasteiger charge is 2.14. The molecule has 1 aromatic rings. The first-order valence-corrected chi connectivity index (χ1v) is 8.08. The highest BCUT2D eigenvalue weighted by Crippen LogP contribution is 2.14. The van der Waals surface area contributed by atoms with Crippen LogP contribution in [0.3, 0.4) is 0 Å². The number of benzene rings is 1. The van der Waals surface area contributed by atoms with Crippen LogP contribution in [0, 0.1) is 5.92 Å². The molecule has 4 N–H and O–H groups in total. The third-order valence-corrected chi connectivity index (χ3v) is 3.20. The lowest BCUT2D eigenvalue weighted by atomic mass is 10.0. The second kappa shape index (κ2) is 10.4. The van der Waals surface area contributed by atoms with Gasteiger partial charge in [0.25, 0.3) is 0 Å². The summed E-state index contributed by atoms with van der Waals surface area (Å²) in [4.78, 5) is 15.9. The zero-order chi connectivity index (χ0) is 17.9. The van der Waals surface area contributed by atoms with Crippen LogP contribution in [-0.4, -0.2) is 38.4 Å². The third-order valence-electron chi connectivity index (χ3n) is 3.20. The Kier molecular flexibility index (Phi) is 8.46. The maximum atomic E-state index is 11.6. The molecular weight excluding hydrogens is 308 g/mol. The fraction of sp³-hybridized carbons (Fsp3) is 0.529. The van der Waals surface area contributed by atoms with Crippen molar-refractivity contribution < 1.29 is 14.3 Å². The van der Waals surface area contributed by atoms with Gasteiger partial charge in [-0.15, -0.1) is 0 Å². The summed E-state index contributed by atoms with van der Waals surface area (Å²) in [6.45, 7) is 6.66. The van der Waals surface area contributed by atoms with Crippen LogP contribution in [0.5, 0.6) is 5.75 Å². The zero-order valence-electron chi connectivity index (χ0n) is 14.8. The number of carbonyl (C=O) groups is 1. The third kappa shape index (κ3) is 7.71. The summed E-state index contributed by atoms with van der Waals surface area (Å²) < 4.78 is 10.0. The van der Waals surface area contributed by atoms with E-state index in [1.807, 2.05) is 24.3 Å². The molecule has 0 fully saturated rings. The Balaban J connectivity index is 2.60. The lowest BCUT2D eigenvalue weighted by Gasteiger charge is -2.18. The predicted molar refractivity (Wildman–Crippen MR) is 96.5 cm³/mol. The molecule has 0 bridgehead atoms. The van der Waals surface area contributed by atoms with E-state index in [4.69, 9.17) is 15.2 Å². The number of carbonyl (C=O) groups excluding carboxylic acids is 1. The van der Waals surface area contributed by atoms with Crippen LogP contribution in [0.15, 0.2) is 29.3 Å². The number of hydrogen-bond acceptors (Lipinski definition) is 4. The molecule has 1 rings (SSSR count). The van der Waals surface area contributed by atoms with E-state index in [2.05, 4.69) is 29.5 Å². The molecule has 0 aliphatic rings. The van der Waals surface area contributed by atoms with E-state index >= 15 is 0 Å². The Morgan fingerprint density at radius 1 is 1.29 bits per heavy atom. The number of nitrogens with zero attached hydrogens (tertiary/aromatic N) is 1. The molecule has 1 amide bonds. The number of ether oxygens (including phenoxy) is 2. The van der Waals surface area contributed by atoms with E-state index in [0.717, 1.165) is 17.9 Å². The first-order valence-electron chi connectivity index (χ1n) is 8.08. The largest absolute Gasteiger partial charge is 0.497 e. The summed E-state index contributed by atoms with van der Waals surface area (Å²) in [5.41, 5.74) is 6.72. The fourth-order valence-corrected chi connectivity index (χ4v) is 2.16. The summed E-state index contributed by atoms with van der Waals surface area (Å²) >= 11 is 0. The second-order valence-corrected chi connectivity index (χ2v) is 5.77. The Bertz CT molecular complexity index is 529. The number of nitrogens with one attached hydrogen (secondary N) is 2. The smallest absolute Gasteiger partial charge is 0.407 e. The summed E-state index contributed by atoms with van der Waals surface area (Å²) in [5, 5.41) is 5.82. The van der Waals surface area contributed by atoms with Crippen molar-refractivity contribution in [1.82, 2.24) is 5.32 Å². The topological polar surface area (TPSA) is 98.0 Å². The first-order chi connectivity index (χ1) is 11.4. The molecule has 0 radical (unpaired) electrons. The Morgan fingerprint density at radius 3 is 2.50 bits per heavy atom. The monoisotopic (exact) mass is 336 g/mol. The van der Waals surface area contributed by atoms with Gasteiger partial charge in [-0.05, 0) is 43.5 Å². The van der Waals surface area contributed by atoms with E-state index < -0.39 is 6.09 Å². The average Bonchev–Trinajstić information content (AvgIpc) is 2.53. The van der Waals surface area contributed by atoms with Crippen LogP contribution in [0.25, 0.3) is 0 Å². The molecule has 1 aromatic carbocycles. The number of aliphatic imine (C=N–C) groups is 1. The quantitative estimate of drug-likeness (QED) is 0.501. The number of amides is 1. The first kappa shape index (κ1) is 19.6. The van der Waals surface area contributed by atoms with Gasteiger partial charge >= 0.3 is 6.09 Å². The molecule has 7 heteroatoms. The lowest BCUT2D eigenvalue weighted by molar-refractivity contribution is 0.147. The van der Waals surface area contributed by atoms with E-state index in [-0.39, 0.29) is 6.04 Å². The second-order valence-electron chi connectivity index (χ2n) is 5.77. The summed E-state index contributed by atoms with van der Waals surface area (Å²) in [7, 11) is 1.61. The molecule has 0 aromatic heterocycles. The summed E-state index contributed by atoms with van der Waals surface area (Å²) in [6.07, 6.45) is 0.359. The summed E-state index contributed by atoms with van der Waals surface area (Å²) in [6, 6.07) is 7.24. The molecule has 0 heterocycles. The number of methoxy groups -OCH3 is 1. The zero-order valence-corrected chi connectivity index (χ0v) is 14.8. The molecule has 1 atom stereocenters. The van der Waals surface area contributed by atoms with Gasteiger partial charge in [0.2, 0.25) is 0 Å². The highest BCUT2D eigenvalue weighted by atomic mass is 16.5. The van der Waals surface area contributed by atoms with Gasteiger partial charge in [-0.3, -0.25) is 4.99 Å². The van der Waals surface area contributed by atoms with Gasteiger partial charge in [-0.1, -0.05) is 13.8 Å². The number of guanidine groups is 1. The molecule has 0 aliphatic heterocycles. The maximum Gasteiger partial charge on any atom is 0.407 e. The number of anilines is 1. The molecule has 0 aliphatic carbocycles. The molecule has 0 saturated heterocycles. The van der Waals surface area contributed by atoms with Crippen molar-refractivity contribution in [1.29, 1.82) is 0 Å². The van der Waals surface area contributed by atoms with Crippen LogP contribution in [-0.2, 0) is 4.74 Å². The minimum absolute atomic E-state index is 0.125. The molecule has 24 heavy (non-hydrogen) atoms. The van der Waals surface area contributed by atoms with Gasteiger partial charge in [0.05, 0.1) is 26.3 Å². The molecule has 0 saturated carbocycles. The standard InChI is InChI=1S/C17H28N4O3/c1-5-24-17(22)21-14(10-12(2)3)11-19-16(18)20-13-6-8-15(23-4)9-7-13/h6-9,12,14H,5,10-11H2,1-4H3,(H,21,22)(H3,18,19,20). The Morgan fingerprint density at radius 2 is 1.96 bits per heavy atom. The summed E-state index contributed by atoms with van der Waals surface area (Å²) in [5.74, 6) is 1.48. The molecule has 134 valence electrons. The molecule has 7 nitrogen and oxygen atoms in total. The Hall–Kier alpha value is -2.44. The van der Waals surface area contributed by atoms with Crippen LogP contribution >= 0.6 is 0 Å². The van der Waals surface area contributed by atoms with Crippen molar-refractivity contribution in [3.05, 3.63) is 24.3 Å². The highest BCUT2D eigenvalue weighted by molar-refractivity contribution is 5.92. The number of alkyl carbamates (subject to hydrolysis) is 1. The molecular formula is C17H28N4O3. The number of hydrogen-bond donors (Lipinski definition) is 3. The van der Waals surface area contributed by atoms with Crippen molar-refractivity contribution in [2.45, 2.75) is 33.2 Å². The molecule has 1 unspecified atom stereocenters. The Labute approximate surface area is 143 Å². The van der Waals surface area contributed by atoms with Gasteiger partial charge in [0.1, 0.15) is 5.75 Å².